The van der Waals surface area contributed by atoms with Crippen molar-refractivity contribution in [2.75, 3.05) is 0 Å². The maximum atomic E-state index is 6.42. The SMILES string of the molecule is C1=Cc2oc3cccc(-c4ccccc4)c3c2C(C2NC(c3ccccc3)=NC(c3ccccc3)N2)C1. The summed E-state index contributed by atoms with van der Waals surface area (Å²) in [7, 11) is 0. The van der Waals surface area contributed by atoms with E-state index in [2.05, 4.69) is 120 Å². The molecule has 1 aromatic heterocycles. The molecule has 0 saturated carbocycles. The summed E-state index contributed by atoms with van der Waals surface area (Å²) >= 11 is 0. The molecule has 0 fully saturated rings. The van der Waals surface area contributed by atoms with Crippen molar-refractivity contribution in [3.05, 3.63) is 138 Å². The summed E-state index contributed by atoms with van der Waals surface area (Å²) < 4.78 is 6.42. The maximum absolute atomic E-state index is 6.42. The monoisotopic (exact) mass is 481 g/mol. The average Bonchev–Trinajstić information content (AvgIpc) is 3.37. The van der Waals surface area contributed by atoms with E-state index in [0.717, 1.165) is 34.7 Å². The van der Waals surface area contributed by atoms with Crippen molar-refractivity contribution in [3.63, 3.8) is 0 Å². The van der Waals surface area contributed by atoms with Crippen LogP contribution in [0.5, 0.6) is 0 Å². The van der Waals surface area contributed by atoms with Crippen molar-refractivity contribution in [3.8, 4) is 11.1 Å². The normalized spacial score (nSPS) is 20.8. The van der Waals surface area contributed by atoms with Crippen LogP contribution in [0.2, 0.25) is 0 Å². The van der Waals surface area contributed by atoms with Gasteiger partial charge in [-0.05, 0) is 35.3 Å². The van der Waals surface area contributed by atoms with Crippen molar-refractivity contribution in [2.45, 2.75) is 24.7 Å². The van der Waals surface area contributed by atoms with Crippen LogP contribution < -0.4 is 10.6 Å². The molecule has 0 amide bonds. The van der Waals surface area contributed by atoms with Gasteiger partial charge in [-0.1, -0.05) is 109 Å². The van der Waals surface area contributed by atoms with Gasteiger partial charge in [0.25, 0.3) is 0 Å². The fourth-order valence-corrected chi connectivity index (χ4v) is 5.62. The lowest BCUT2D eigenvalue weighted by molar-refractivity contribution is 0.344. The van der Waals surface area contributed by atoms with E-state index in [9.17, 15) is 0 Å². The van der Waals surface area contributed by atoms with Gasteiger partial charge in [0.1, 0.15) is 23.3 Å². The molecule has 180 valence electrons. The van der Waals surface area contributed by atoms with Gasteiger partial charge in [-0.2, -0.15) is 0 Å². The fourth-order valence-electron chi connectivity index (χ4n) is 5.62. The lowest BCUT2D eigenvalue weighted by Gasteiger charge is -2.37. The van der Waals surface area contributed by atoms with Crippen molar-refractivity contribution in [2.24, 2.45) is 4.99 Å². The molecule has 0 bridgehead atoms. The second-order valence-corrected chi connectivity index (χ2v) is 9.61. The Balaban J connectivity index is 1.35. The van der Waals surface area contributed by atoms with Crippen LogP contribution in [0.25, 0.3) is 28.2 Å². The van der Waals surface area contributed by atoms with Crippen molar-refractivity contribution in [1.29, 1.82) is 0 Å². The molecule has 4 aromatic carbocycles. The van der Waals surface area contributed by atoms with Gasteiger partial charge < -0.3 is 9.73 Å². The Morgan fingerprint density at radius 2 is 1.43 bits per heavy atom. The molecule has 0 radical (unpaired) electrons. The molecule has 1 aliphatic heterocycles. The van der Waals surface area contributed by atoms with Crippen LogP contribution in [0.1, 0.15) is 41.0 Å². The summed E-state index contributed by atoms with van der Waals surface area (Å²) in [5.74, 6) is 2.01. The zero-order valence-corrected chi connectivity index (χ0v) is 20.3. The molecule has 2 aliphatic rings. The van der Waals surface area contributed by atoms with Gasteiger partial charge >= 0.3 is 0 Å². The Hall–Kier alpha value is -4.41. The Labute approximate surface area is 216 Å². The molecular weight excluding hydrogens is 454 g/mol. The summed E-state index contributed by atoms with van der Waals surface area (Å²) in [5, 5.41) is 8.77. The van der Waals surface area contributed by atoms with Crippen LogP contribution in [0.3, 0.4) is 0 Å². The largest absolute Gasteiger partial charge is 0.456 e. The Kier molecular flexibility index (Phi) is 5.45. The number of furan rings is 1. The molecule has 5 aromatic rings. The summed E-state index contributed by atoms with van der Waals surface area (Å²) in [6.07, 6.45) is 5.07. The minimum absolute atomic E-state index is 0.0359. The molecule has 37 heavy (non-hydrogen) atoms. The summed E-state index contributed by atoms with van der Waals surface area (Å²) in [4.78, 5) is 5.09. The first-order chi connectivity index (χ1) is 18.3. The molecule has 0 saturated heterocycles. The Bertz CT molecular complexity index is 1600. The smallest absolute Gasteiger partial charge is 0.135 e. The molecular formula is C33H27N3O. The highest BCUT2D eigenvalue weighted by Gasteiger charge is 2.35. The predicted molar refractivity (Wildman–Crippen MR) is 150 cm³/mol. The number of hydrogen-bond donors (Lipinski definition) is 2. The minimum atomic E-state index is -0.149. The maximum Gasteiger partial charge on any atom is 0.135 e. The van der Waals surface area contributed by atoms with E-state index in [1.807, 2.05) is 12.1 Å². The standard InChI is InChI=1S/C33H27N3O/c1-4-12-22(13-5-1)25-18-10-20-27-29(25)30-26(19-11-21-28(30)37-27)33-35-31(23-14-6-2-7-15-23)34-32(36-33)24-16-8-3-9-17-24/h1-18,20-21,26,31,33,35H,19H2,(H,34,36). The Morgan fingerprint density at radius 1 is 0.730 bits per heavy atom. The number of amidine groups is 1. The third-order valence-electron chi connectivity index (χ3n) is 7.35. The first-order valence-corrected chi connectivity index (χ1v) is 12.8. The molecule has 4 nitrogen and oxygen atoms in total. The van der Waals surface area contributed by atoms with E-state index in [1.54, 1.807) is 0 Å². The lowest BCUT2D eigenvalue weighted by Crippen LogP contribution is -2.54. The van der Waals surface area contributed by atoms with Gasteiger partial charge in [-0.25, -0.2) is 4.99 Å². The number of aliphatic imine (C=N–C) groups is 1. The van der Waals surface area contributed by atoms with Gasteiger partial charge in [0, 0.05) is 22.4 Å². The number of hydrogen-bond acceptors (Lipinski definition) is 4. The third-order valence-corrected chi connectivity index (χ3v) is 7.35. The van der Waals surface area contributed by atoms with Crippen molar-refractivity contribution in [1.82, 2.24) is 10.6 Å². The van der Waals surface area contributed by atoms with E-state index in [-0.39, 0.29) is 18.2 Å². The number of nitrogens with zero attached hydrogens (tertiary/aromatic N) is 1. The van der Waals surface area contributed by atoms with Crippen molar-refractivity contribution >= 4 is 22.9 Å². The summed E-state index contributed by atoms with van der Waals surface area (Å²) in [6, 6.07) is 37.8. The van der Waals surface area contributed by atoms with Crippen LogP contribution in [-0.2, 0) is 0 Å². The summed E-state index contributed by atoms with van der Waals surface area (Å²) in [6.45, 7) is 0. The lowest BCUT2D eigenvalue weighted by atomic mass is 9.84. The van der Waals surface area contributed by atoms with Gasteiger partial charge in [0.15, 0.2) is 0 Å². The minimum Gasteiger partial charge on any atom is -0.456 e. The van der Waals surface area contributed by atoms with Gasteiger partial charge in [-0.3, -0.25) is 5.32 Å². The Morgan fingerprint density at radius 3 is 2.19 bits per heavy atom. The highest BCUT2D eigenvalue weighted by atomic mass is 16.3. The number of fused-ring (bicyclic) bond motifs is 3. The molecule has 4 heteroatoms. The number of allylic oxidation sites excluding steroid dienone is 1. The van der Waals surface area contributed by atoms with E-state index < -0.39 is 0 Å². The molecule has 2 N–H and O–H groups in total. The predicted octanol–water partition coefficient (Wildman–Crippen LogP) is 7.26. The highest BCUT2D eigenvalue weighted by Crippen LogP contribution is 2.44. The molecule has 0 spiro atoms. The van der Waals surface area contributed by atoms with Crippen LogP contribution in [0.15, 0.2) is 125 Å². The van der Waals surface area contributed by atoms with E-state index in [4.69, 9.17) is 9.41 Å². The zero-order valence-electron chi connectivity index (χ0n) is 20.3. The molecule has 3 unspecified atom stereocenters. The quantitative estimate of drug-likeness (QED) is 0.284. The first kappa shape index (κ1) is 21.8. The van der Waals surface area contributed by atoms with Gasteiger partial charge in [0.05, 0.1) is 6.17 Å². The molecule has 7 rings (SSSR count). The van der Waals surface area contributed by atoms with Crippen LogP contribution in [0.4, 0.5) is 0 Å². The van der Waals surface area contributed by atoms with Gasteiger partial charge in [0.2, 0.25) is 0 Å². The van der Waals surface area contributed by atoms with E-state index >= 15 is 0 Å². The number of nitrogens with one attached hydrogen (secondary N) is 2. The zero-order chi connectivity index (χ0) is 24.6. The topological polar surface area (TPSA) is 49.6 Å². The fraction of sp³-hybridized carbons (Fsp3) is 0.121. The number of rotatable bonds is 4. The summed E-state index contributed by atoms with van der Waals surface area (Å²) in [5.41, 5.74) is 6.82. The van der Waals surface area contributed by atoms with Crippen LogP contribution in [0, 0.1) is 0 Å². The second-order valence-electron chi connectivity index (χ2n) is 9.61. The van der Waals surface area contributed by atoms with Crippen molar-refractivity contribution < 1.29 is 4.42 Å². The third kappa shape index (κ3) is 3.96. The van der Waals surface area contributed by atoms with Crippen LogP contribution >= 0.6 is 0 Å². The highest BCUT2D eigenvalue weighted by molar-refractivity contribution is 6.01. The van der Waals surface area contributed by atoms with E-state index in [0.29, 0.717) is 0 Å². The molecule has 2 heterocycles. The van der Waals surface area contributed by atoms with Crippen LogP contribution in [-0.4, -0.2) is 12.0 Å². The average molecular weight is 482 g/mol. The molecule has 3 atom stereocenters. The second kappa shape index (κ2) is 9.23. The van der Waals surface area contributed by atoms with Gasteiger partial charge in [-0.15, -0.1) is 0 Å². The first-order valence-electron chi connectivity index (χ1n) is 12.8. The number of benzene rings is 4. The van der Waals surface area contributed by atoms with E-state index in [1.165, 1.54) is 22.1 Å². The molecule has 1 aliphatic carbocycles.